The first-order valence-corrected chi connectivity index (χ1v) is 8.10. The molecule has 0 radical (unpaired) electrons. The van der Waals surface area contributed by atoms with Crippen LogP contribution in [-0.2, 0) is 6.18 Å². The molecule has 1 aliphatic heterocycles. The van der Waals surface area contributed by atoms with E-state index in [4.69, 9.17) is 0 Å². The highest BCUT2D eigenvalue weighted by Gasteiger charge is 2.30. The molecule has 26 heavy (non-hydrogen) atoms. The SMILES string of the molecule is O=C(Nc1ccc(C(F)(F)F)cc1)N1CCN(c2ccc(O)cc2)CC1. The highest BCUT2D eigenvalue weighted by Crippen LogP contribution is 2.30. The Morgan fingerprint density at radius 2 is 1.50 bits per heavy atom. The lowest BCUT2D eigenvalue weighted by atomic mass is 10.2. The lowest BCUT2D eigenvalue weighted by Crippen LogP contribution is -2.50. The van der Waals surface area contributed by atoms with E-state index < -0.39 is 11.7 Å². The normalized spacial score (nSPS) is 15.0. The number of carbonyl (C=O) groups excluding carboxylic acids is 1. The summed E-state index contributed by atoms with van der Waals surface area (Å²) in [6.45, 7) is 2.25. The Balaban J connectivity index is 1.54. The van der Waals surface area contributed by atoms with Gasteiger partial charge in [-0.2, -0.15) is 13.2 Å². The maximum atomic E-state index is 12.6. The fourth-order valence-electron chi connectivity index (χ4n) is 2.78. The Morgan fingerprint density at radius 3 is 2.04 bits per heavy atom. The number of phenols is 1. The molecule has 1 saturated heterocycles. The highest BCUT2D eigenvalue weighted by atomic mass is 19.4. The van der Waals surface area contributed by atoms with Crippen molar-refractivity contribution in [2.75, 3.05) is 36.4 Å². The molecule has 0 saturated carbocycles. The second-order valence-corrected chi connectivity index (χ2v) is 6.00. The van der Waals surface area contributed by atoms with E-state index in [1.54, 1.807) is 17.0 Å². The maximum Gasteiger partial charge on any atom is 0.416 e. The number of phenolic OH excluding ortho intramolecular Hbond substituents is 1. The van der Waals surface area contributed by atoms with E-state index in [1.165, 1.54) is 12.1 Å². The van der Waals surface area contributed by atoms with Gasteiger partial charge in [0.15, 0.2) is 0 Å². The predicted octanol–water partition coefficient (Wildman–Crippen LogP) is 3.77. The van der Waals surface area contributed by atoms with Crippen LogP contribution < -0.4 is 10.2 Å². The lowest BCUT2D eigenvalue weighted by Gasteiger charge is -2.36. The first kappa shape index (κ1) is 17.9. The quantitative estimate of drug-likeness (QED) is 0.852. The van der Waals surface area contributed by atoms with Crippen LogP contribution in [0.4, 0.5) is 29.3 Å². The molecule has 0 unspecified atom stereocenters. The minimum atomic E-state index is -4.40. The number of amides is 2. The van der Waals surface area contributed by atoms with E-state index in [1.807, 2.05) is 12.1 Å². The monoisotopic (exact) mass is 365 g/mol. The summed E-state index contributed by atoms with van der Waals surface area (Å²) in [5, 5.41) is 12.0. The van der Waals surface area contributed by atoms with Crippen molar-refractivity contribution >= 4 is 17.4 Å². The Labute approximate surface area is 148 Å². The standard InChI is InChI=1S/C18H18F3N3O2/c19-18(20,21)13-1-3-14(4-2-13)22-17(26)24-11-9-23(10-12-24)15-5-7-16(25)8-6-15/h1-8,25H,9-12H2,(H,22,26). The Hall–Kier alpha value is -2.90. The van der Waals surface area contributed by atoms with E-state index in [-0.39, 0.29) is 11.8 Å². The van der Waals surface area contributed by atoms with Crippen LogP contribution in [0.5, 0.6) is 5.75 Å². The van der Waals surface area contributed by atoms with Crippen molar-refractivity contribution in [3.63, 3.8) is 0 Å². The van der Waals surface area contributed by atoms with Gasteiger partial charge in [-0.3, -0.25) is 0 Å². The molecule has 0 spiro atoms. The predicted molar refractivity (Wildman–Crippen MR) is 92.4 cm³/mol. The van der Waals surface area contributed by atoms with Gasteiger partial charge in [0.2, 0.25) is 0 Å². The van der Waals surface area contributed by atoms with Gasteiger partial charge < -0.3 is 20.2 Å². The van der Waals surface area contributed by atoms with Crippen LogP contribution in [-0.4, -0.2) is 42.2 Å². The van der Waals surface area contributed by atoms with Crippen LogP contribution in [0.1, 0.15) is 5.56 Å². The zero-order chi connectivity index (χ0) is 18.7. The van der Waals surface area contributed by atoms with E-state index in [0.717, 1.165) is 17.8 Å². The number of nitrogens with zero attached hydrogens (tertiary/aromatic N) is 2. The van der Waals surface area contributed by atoms with Crippen LogP contribution in [0.25, 0.3) is 0 Å². The lowest BCUT2D eigenvalue weighted by molar-refractivity contribution is -0.137. The number of aromatic hydroxyl groups is 1. The van der Waals surface area contributed by atoms with Gasteiger partial charge in [-0.05, 0) is 48.5 Å². The van der Waals surface area contributed by atoms with Crippen molar-refractivity contribution < 1.29 is 23.1 Å². The third-order valence-electron chi connectivity index (χ3n) is 4.25. The molecule has 2 N–H and O–H groups in total. The largest absolute Gasteiger partial charge is 0.508 e. The van der Waals surface area contributed by atoms with Crippen LogP contribution in [0.2, 0.25) is 0 Å². The molecule has 2 amide bonds. The molecule has 138 valence electrons. The van der Waals surface area contributed by atoms with E-state index in [0.29, 0.717) is 31.9 Å². The molecule has 2 aromatic carbocycles. The maximum absolute atomic E-state index is 12.6. The summed E-state index contributed by atoms with van der Waals surface area (Å²) in [5.74, 6) is 0.198. The molecule has 0 bridgehead atoms. The summed E-state index contributed by atoms with van der Waals surface area (Å²) in [5.41, 5.74) is 0.535. The smallest absolute Gasteiger partial charge is 0.416 e. The summed E-state index contributed by atoms with van der Waals surface area (Å²) in [4.78, 5) is 16.0. The number of anilines is 2. The molecule has 1 heterocycles. The summed E-state index contributed by atoms with van der Waals surface area (Å²) >= 11 is 0. The Kier molecular flexibility index (Phi) is 4.92. The molecule has 1 fully saturated rings. The zero-order valence-corrected chi connectivity index (χ0v) is 13.8. The molecule has 2 aromatic rings. The molecule has 8 heteroatoms. The van der Waals surface area contributed by atoms with Crippen molar-refractivity contribution in [1.82, 2.24) is 4.90 Å². The van der Waals surface area contributed by atoms with Crippen molar-refractivity contribution in [2.24, 2.45) is 0 Å². The average molecular weight is 365 g/mol. The first-order valence-electron chi connectivity index (χ1n) is 8.10. The number of alkyl halides is 3. The van der Waals surface area contributed by atoms with E-state index in [9.17, 15) is 23.1 Å². The fraction of sp³-hybridized carbons (Fsp3) is 0.278. The zero-order valence-electron chi connectivity index (χ0n) is 13.8. The number of halogens is 3. The minimum absolute atomic E-state index is 0.198. The molecular weight excluding hydrogens is 347 g/mol. The van der Waals surface area contributed by atoms with Gasteiger partial charge in [0.25, 0.3) is 0 Å². The van der Waals surface area contributed by atoms with Gasteiger partial charge in [-0.1, -0.05) is 0 Å². The second kappa shape index (κ2) is 7.15. The Morgan fingerprint density at radius 1 is 0.923 bits per heavy atom. The number of benzene rings is 2. The molecule has 0 aliphatic carbocycles. The van der Waals surface area contributed by atoms with Crippen LogP contribution in [0, 0.1) is 0 Å². The summed E-state index contributed by atoms with van der Waals surface area (Å²) in [6, 6.07) is 10.9. The molecule has 0 atom stereocenters. The van der Waals surface area contributed by atoms with E-state index in [2.05, 4.69) is 10.2 Å². The highest BCUT2D eigenvalue weighted by molar-refractivity contribution is 5.89. The molecule has 1 aliphatic rings. The minimum Gasteiger partial charge on any atom is -0.508 e. The van der Waals surface area contributed by atoms with Crippen molar-refractivity contribution in [2.45, 2.75) is 6.18 Å². The van der Waals surface area contributed by atoms with E-state index >= 15 is 0 Å². The summed E-state index contributed by atoms with van der Waals surface area (Å²) in [7, 11) is 0. The Bertz CT molecular complexity index is 753. The van der Waals surface area contributed by atoms with Gasteiger partial charge in [0, 0.05) is 37.6 Å². The summed E-state index contributed by atoms with van der Waals surface area (Å²) < 4.78 is 37.7. The number of nitrogens with one attached hydrogen (secondary N) is 1. The van der Waals surface area contributed by atoms with Crippen molar-refractivity contribution in [3.05, 3.63) is 54.1 Å². The van der Waals surface area contributed by atoms with Crippen molar-refractivity contribution in [1.29, 1.82) is 0 Å². The number of urea groups is 1. The third-order valence-corrected chi connectivity index (χ3v) is 4.25. The van der Waals surface area contributed by atoms with Gasteiger partial charge >= 0.3 is 12.2 Å². The van der Waals surface area contributed by atoms with Gasteiger partial charge in [-0.25, -0.2) is 4.79 Å². The number of hydrogen-bond acceptors (Lipinski definition) is 3. The van der Waals surface area contributed by atoms with Gasteiger partial charge in [-0.15, -0.1) is 0 Å². The second-order valence-electron chi connectivity index (χ2n) is 6.00. The molecule has 0 aromatic heterocycles. The van der Waals surface area contributed by atoms with Crippen LogP contribution in [0.3, 0.4) is 0 Å². The van der Waals surface area contributed by atoms with Crippen LogP contribution >= 0.6 is 0 Å². The number of rotatable bonds is 2. The van der Waals surface area contributed by atoms with Crippen molar-refractivity contribution in [3.8, 4) is 5.75 Å². The first-order chi connectivity index (χ1) is 12.3. The summed E-state index contributed by atoms with van der Waals surface area (Å²) in [6.07, 6.45) is -4.40. The molecule has 5 nitrogen and oxygen atoms in total. The topological polar surface area (TPSA) is 55.8 Å². The fourth-order valence-corrected chi connectivity index (χ4v) is 2.78. The number of hydrogen-bond donors (Lipinski definition) is 2. The number of carbonyl (C=O) groups is 1. The third kappa shape index (κ3) is 4.19. The molecular formula is C18H18F3N3O2. The van der Waals surface area contributed by atoms with Gasteiger partial charge in [0.05, 0.1) is 5.56 Å². The average Bonchev–Trinajstić information content (AvgIpc) is 2.62. The molecule has 3 rings (SSSR count). The van der Waals surface area contributed by atoms with Crippen LogP contribution in [0.15, 0.2) is 48.5 Å². The van der Waals surface area contributed by atoms with Gasteiger partial charge in [0.1, 0.15) is 5.75 Å². The number of piperazine rings is 1.